The molecule has 1 N–H and O–H groups in total. The first-order valence-electron chi connectivity index (χ1n) is 14.8. The maximum Gasteiger partial charge on any atom is 0.160 e. The molecule has 5 atom stereocenters. The van der Waals surface area contributed by atoms with Crippen molar-refractivity contribution < 1.29 is 28.8 Å². The smallest absolute Gasteiger partial charge is 0.160 e. The molecule has 4 rings (SSSR count). The molecule has 5 unspecified atom stereocenters. The van der Waals surface area contributed by atoms with Crippen LogP contribution in [0.5, 0.6) is 11.5 Å². The zero-order valence-corrected chi connectivity index (χ0v) is 25.1. The third-order valence-corrected chi connectivity index (χ3v) is 8.71. The summed E-state index contributed by atoms with van der Waals surface area (Å²) < 4.78 is 31.0. The molecule has 0 aliphatic carbocycles. The Balaban J connectivity index is 1.68. The topological polar surface area (TPSA) is 66.4 Å². The molecule has 1 heterocycles. The molecule has 1 saturated heterocycles. The van der Waals surface area contributed by atoms with Gasteiger partial charge in [0.2, 0.25) is 0 Å². The van der Waals surface area contributed by atoms with Gasteiger partial charge in [0.15, 0.2) is 6.29 Å². The highest BCUT2D eigenvalue weighted by Gasteiger charge is 2.43. The SMILES string of the molecule is COc1ccc(C(OCC2OC(OCCCCCO)C(C)C(C)C2C)(c2ccccc2)c2ccc(OC)cc2)cc1. The molecule has 3 aromatic carbocycles. The van der Waals surface area contributed by atoms with Gasteiger partial charge in [0.25, 0.3) is 0 Å². The number of unbranched alkanes of at least 4 members (excludes halogenated alkanes) is 2. The number of rotatable bonds is 14. The van der Waals surface area contributed by atoms with Crippen LogP contribution in [-0.4, -0.2) is 51.5 Å². The van der Waals surface area contributed by atoms with Crippen molar-refractivity contribution >= 4 is 0 Å². The van der Waals surface area contributed by atoms with Crippen LogP contribution in [-0.2, 0) is 19.8 Å². The summed E-state index contributed by atoms with van der Waals surface area (Å²) in [7, 11) is 3.35. The number of aliphatic hydroxyl groups excluding tert-OH is 1. The van der Waals surface area contributed by atoms with E-state index < -0.39 is 5.60 Å². The van der Waals surface area contributed by atoms with Crippen LogP contribution in [0.1, 0.15) is 56.7 Å². The van der Waals surface area contributed by atoms with E-state index in [0.717, 1.165) is 47.5 Å². The average molecular weight is 563 g/mol. The van der Waals surface area contributed by atoms with Gasteiger partial charge in [0, 0.05) is 19.1 Å². The fraction of sp³-hybridized carbons (Fsp3) is 0.486. The fourth-order valence-corrected chi connectivity index (χ4v) is 5.74. The van der Waals surface area contributed by atoms with Crippen LogP contribution in [0.2, 0.25) is 0 Å². The van der Waals surface area contributed by atoms with Gasteiger partial charge in [-0.1, -0.05) is 75.4 Å². The van der Waals surface area contributed by atoms with Crippen molar-refractivity contribution in [3.05, 3.63) is 95.6 Å². The van der Waals surface area contributed by atoms with Gasteiger partial charge >= 0.3 is 0 Å². The Kier molecular flexibility index (Phi) is 11.2. The molecule has 6 nitrogen and oxygen atoms in total. The second-order valence-corrected chi connectivity index (χ2v) is 11.1. The number of benzene rings is 3. The summed E-state index contributed by atoms with van der Waals surface area (Å²) in [5.74, 6) is 2.52. The van der Waals surface area contributed by atoms with E-state index >= 15 is 0 Å². The number of ether oxygens (including phenoxy) is 5. The minimum absolute atomic E-state index is 0.150. The van der Waals surface area contributed by atoms with E-state index in [1.165, 1.54) is 0 Å². The van der Waals surface area contributed by atoms with Gasteiger partial charge in [-0.25, -0.2) is 0 Å². The Morgan fingerprint density at radius 3 is 1.78 bits per heavy atom. The van der Waals surface area contributed by atoms with Gasteiger partial charge in [0.05, 0.1) is 26.9 Å². The largest absolute Gasteiger partial charge is 0.497 e. The maximum absolute atomic E-state index is 9.09. The lowest BCUT2D eigenvalue weighted by Crippen LogP contribution is -2.49. The van der Waals surface area contributed by atoms with Gasteiger partial charge < -0.3 is 28.8 Å². The molecule has 1 aliphatic heterocycles. The van der Waals surface area contributed by atoms with Crippen LogP contribution in [0.15, 0.2) is 78.9 Å². The van der Waals surface area contributed by atoms with E-state index in [1.54, 1.807) is 14.2 Å². The number of hydrogen-bond acceptors (Lipinski definition) is 6. The fourth-order valence-electron chi connectivity index (χ4n) is 5.74. The molecule has 1 aliphatic rings. The van der Waals surface area contributed by atoms with E-state index in [0.29, 0.717) is 19.1 Å². The summed E-state index contributed by atoms with van der Waals surface area (Å²) in [4.78, 5) is 0. The van der Waals surface area contributed by atoms with E-state index in [2.05, 4.69) is 57.2 Å². The molecule has 222 valence electrons. The standard InChI is InChI=1S/C35H46O6/c1-25-26(2)33(41-34(27(25)3)39-23-11-7-10-22-36)24-40-35(28-12-8-6-9-13-28,29-14-18-31(37-4)19-15-29)30-16-20-32(38-5)21-17-30/h6,8-9,12-21,25-27,33-34,36H,7,10-11,22-24H2,1-5H3. The minimum atomic E-state index is -0.893. The van der Waals surface area contributed by atoms with Gasteiger partial charge in [-0.2, -0.15) is 0 Å². The van der Waals surface area contributed by atoms with E-state index in [4.69, 9.17) is 28.8 Å². The Morgan fingerprint density at radius 1 is 0.683 bits per heavy atom. The highest BCUT2D eigenvalue weighted by Crippen LogP contribution is 2.43. The summed E-state index contributed by atoms with van der Waals surface area (Å²) in [6.07, 6.45) is 2.20. The Labute approximate surface area is 245 Å². The number of hydrogen-bond donors (Lipinski definition) is 1. The Bertz CT molecular complexity index is 1120. The van der Waals surface area contributed by atoms with Crippen molar-refractivity contribution in [1.82, 2.24) is 0 Å². The van der Waals surface area contributed by atoms with Crippen molar-refractivity contribution in [3.8, 4) is 11.5 Å². The van der Waals surface area contributed by atoms with Crippen LogP contribution >= 0.6 is 0 Å². The number of aliphatic hydroxyl groups is 1. The molecule has 6 heteroatoms. The first-order valence-corrected chi connectivity index (χ1v) is 14.8. The van der Waals surface area contributed by atoms with Gasteiger partial charge in [-0.3, -0.25) is 0 Å². The lowest BCUT2D eigenvalue weighted by atomic mass is 9.78. The molecule has 0 aromatic heterocycles. The van der Waals surface area contributed by atoms with Crippen molar-refractivity contribution in [3.63, 3.8) is 0 Å². The zero-order valence-electron chi connectivity index (χ0n) is 25.1. The van der Waals surface area contributed by atoms with Gasteiger partial charge in [-0.15, -0.1) is 0 Å². The molecule has 0 radical (unpaired) electrons. The predicted molar refractivity (Wildman–Crippen MR) is 161 cm³/mol. The van der Waals surface area contributed by atoms with Crippen LogP contribution in [0.25, 0.3) is 0 Å². The van der Waals surface area contributed by atoms with E-state index in [9.17, 15) is 0 Å². The quantitative estimate of drug-likeness (QED) is 0.172. The highest BCUT2D eigenvalue weighted by molar-refractivity contribution is 5.49. The van der Waals surface area contributed by atoms with Crippen LogP contribution < -0.4 is 9.47 Å². The van der Waals surface area contributed by atoms with Crippen LogP contribution in [0, 0.1) is 17.8 Å². The molecule has 0 bridgehead atoms. The molecule has 0 amide bonds. The summed E-state index contributed by atoms with van der Waals surface area (Å²) in [5.41, 5.74) is 2.12. The van der Waals surface area contributed by atoms with Crippen molar-refractivity contribution in [2.75, 3.05) is 34.0 Å². The maximum atomic E-state index is 9.09. The summed E-state index contributed by atoms with van der Waals surface area (Å²) >= 11 is 0. The average Bonchev–Trinajstić information content (AvgIpc) is 3.02. The van der Waals surface area contributed by atoms with Crippen LogP contribution in [0.3, 0.4) is 0 Å². The monoisotopic (exact) mass is 562 g/mol. The molecule has 0 saturated carbocycles. The molecule has 3 aromatic rings. The van der Waals surface area contributed by atoms with Crippen molar-refractivity contribution in [2.24, 2.45) is 17.8 Å². The molecular weight excluding hydrogens is 516 g/mol. The second-order valence-electron chi connectivity index (χ2n) is 11.1. The predicted octanol–water partition coefficient (Wildman–Crippen LogP) is 6.82. The lowest BCUT2D eigenvalue weighted by Gasteiger charge is -2.45. The van der Waals surface area contributed by atoms with Crippen molar-refractivity contribution in [1.29, 1.82) is 0 Å². The number of methoxy groups -OCH3 is 2. The van der Waals surface area contributed by atoms with Crippen molar-refractivity contribution in [2.45, 2.75) is 58.0 Å². The zero-order chi connectivity index (χ0) is 29.2. The second kappa shape index (κ2) is 14.8. The highest BCUT2D eigenvalue weighted by atomic mass is 16.7. The van der Waals surface area contributed by atoms with Crippen LogP contribution in [0.4, 0.5) is 0 Å². The van der Waals surface area contributed by atoms with E-state index in [-0.39, 0.29) is 30.8 Å². The summed E-state index contributed by atoms with van der Waals surface area (Å²) in [5, 5.41) is 9.09. The Morgan fingerprint density at radius 2 is 1.24 bits per heavy atom. The third-order valence-electron chi connectivity index (χ3n) is 8.71. The summed E-state index contributed by atoms with van der Waals surface area (Å²) in [6.45, 7) is 7.96. The first-order chi connectivity index (χ1) is 19.9. The normalized spacial score (nSPS) is 22.8. The molecule has 41 heavy (non-hydrogen) atoms. The Hall–Kier alpha value is -2.90. The molecule has 0 spiro atoms. The first kappa shape index (κ1) is 31.0. The third kappa shape index (κ3) is 7.12. The molecule has 1 fully saturated rings. The van der Waals surface area contributed by atoms with Gasteiger partial charge in [0.1, 0.15) is 17.1 Å². The van der Waals surface area contributed by atoms with E-state index in [1.807, 2.05) is 42.5 Å². The molecular formula is C35H46O6. The minimum Gasteiger partial charge on any atom is -0.497 e. The summed E-state index contributed by atoms with van der Waals surface area (Å²) in [6, 6.07) is 26.5. The van der Waals surface area contributed by atoms with Gasteiger partial charge in [-0.05, 0) is 72.1 Å². The lowest BCUT2D eigenvalue weighted by molar-refractivity contribution is -0.261.